The van der Waals surface area contributed by atoms with E-state index in [0.717, 1.165) is 42.5 Å². The van der Waals surface area contributed by atoms with Crippen molar-refractivity contribution in [3.05, 3.63) is 34.9 Å². The number of nitrogens with zero attached hydrogens (tertiary/aromatic N) is 1. The number of rotatable bonds is 5. The fourth-order valence-electron chi connectivity index (χ4n) is 3.20. The molecule has 1 unspecified atom stereocenters. The van der Waals surface area contributed by atoms with E-state index >= 15 is 0 Å². The van der Waals surface area contributed by atoms with E-state index in [1.54, 1.807) is 0 Å². The molecule has 1 aromatic rings. The minimum Gasteiger partial charge on any atom is -0.354 e. The van der Waals surface area contributed by atoms with Gasteiger partial charge in [0.1, 0.15) is 0 Å². The fraction of sp³-hybridized carbons (Fsp3) is 0.556. The molecule has 1 saturated heterocycles. The van der Waals surface area contributed by atoms with E-state index in [9.17, 15) is 9.59 Å². The van der Waals surface area contributed by atoms with E-state index in [2.05, 4.69) is 11.4 Å². The first-order valence-electron chi connectivity index (χ1n) is 8.37. The zero-order valence-electron chi connectivity index (χ0n) is 14.5. The highest BCUT2D eigenvalue weighted by molar-refractivity contribution is 5.95. The number of nitrogens with one attached hydrogen (secondary N) is 1. The molecule has 6 heteroatoms. The van der Waals surface area contributed by atoms with Crippen molar-refractivity contribution in [3.63, 3.8) is 0 Å². The van der Waals surface area contributed by atoms with Gasteiger partial charge in [0, 0.05) is 37.7 Å². The van der Waals surface area contributed by atoms with Crippen LogP contribution in [0.25, 0.3) is 0 Å². The summed E-state index contributed by atoms with van der Waals surface area (Å²) in [4.78, 5) is 26.4. The highest BCUT2D eigenvalue weighted by Gasteiger charge is 2.27. The SMILES string of the molecule is Cc1cc(C)cc(C(=O)N2CCCCC2CNC(=O)CCN)c1.Cl. The van der Waals surface area contributed by atoms with E-state index in [1.165, 1.54) is 0 Å². The van der Waals surface area contributed by atoms with Crippen molar-refractivity contribution < 1.29 is 9.59 Å². The van der Waals surface area contributed by atoms with E-state index in [4.69, 9.17) is 5.73 Å². The van der Waals surface area contributed by atoms with Gasteiger partial charge in [-0.05, 0) is 45.2 Å². The predicted octanol–water partition coefficient (Wildman–Crippen LogP) is 2.18. The predicted molar refractivity (Wildman–Crippen MR) is 98.5 cm³/mol. The Labute approximate surface area is 150 Å². The molecule has 134 valence electrons. The Balaban J connectivity index is 0.00000288. The van der Waals surface area contributed by atoms with Gasteiger partial charge in [0.05, 0.1) is 0 Å². The van der Waals surface area contributed by atoms with Crippen molar-refractivity contribution in [1.29, 1.82) is 0 Å². The number of halogens is 1. The molecule has 2 rings (SSSR count). The van der Waals surface area contributed by atoms with Crippen LogP contribution in [0.2, 0.25) is 0 Å². The number of likely N-dealkylation sites (tertiary alicyclic amines) is 1. The minimum absolute atomic E-state index is 0. The van der Waals surface area contributed by atoms with E-state index in [-0.39, 0.29) is 30.3 Å². The lowest BCUT2D eigenvalue weighted by Crippen LogP contribution is -2.49. The average molecular weight is 354 g/mol. The molecule has 5 nitrogen and oxygen atoms in total. The zero-order chi connectivity index (χ0) is 16.8. The molecule has 0 bridgehead atoms. The molecular weight excluding hydrogens is 326 g/mol. The summed E-state index contributed by atoms with van der Waals surface area (Å²) in [6, 6.07) is 6.01. The molecule has 0 spiro atoms. The lowest BCUT2D eigenvalue weighted by Gasteiger charge is -2.36. The van der Waals surface area contributed by atoms with Gasteiger partial charge in [0.15, 0.2) is 0 Å². The fourth-order valence-corrected chi connectivity index (χ4v) is 3.20. The molecular formula is C18H28ClN3O2. The van der Waals surface area contributed by atoms with Crippen molar-refractivity contribution in [1.82, 2.24) is 10.2 Å². The maximum atomic E-state index is 12.9. The Morgan fingerprint density at radius 3 is 2.50 bits per heavy atom. The molecule has 1 atom stereocenters. The molecule has 24 heavy (non-hydrogen) atoms. The summed E-state index contributed by atoms with van der Waals surface area (Å²) in [7, 11) is 0. The van der Waals surface area contributed by atoms with Crippen LogP contribution in [0, 0.1) is 13.8 Å². The van der Waals surface area contributed by atoms with Gasteiger partial charge in [-0.2, -0.15) is 0 Å². The molecule has 2 amide bonds. The number of carbonyl (C=O) groups excluding carboxylic acids is 2. The lowest BCUT2D eigenvalue weighted by molar-refractivity contribution is -0.121. The van der Waals surface area contributed by atoms with Gasteiger partial charge in [0.2, 0.25) is 5.91 Å². The number of amides is 2. The largest absolute Gasteiger partial charge is 0.354 e. The minimum atomic E-state index is -0.0446. The second-order valence-electron chi connectivity index (χ2n) is 6.37. The van der Waals surface area contributed by atoms with Gasteiger partial charge in [-0.3, -0.25) is 9.59 Å². The summed E-state index contributed by atoms with van der Waals surface area (Å²) in [6.45, 7) is 5.62. The van der Waals surface area contributed by atoms with Crippen LogP contribution in [0.1, 0.15) is 47.2 Å². The first-order valence-corrected chi connectivity index (χ1v) is 8.37. The Morgan fingerprint density at radius 2 is 1.88 bits per heavy atom. The first kappa shape index (κ1) is 20.5. The molecule has 1 aliphatic rings. The maximum Gasteiger partial charge on any atom is 0.254 e. The number of nitrogens with two attached hydrogens (primary N) is 1. The third-order valence-corrected chi connectivity index (χ3v) is 4.26. The van der Waals surface area contributed by atoms with Gasteiger partial charge >= 0.3 is 0 Å². The number of carbonyl (C=O) groups is 2. The number of hydrogen-bond acceptors (Lipinski definition) is 3. The third-order valence-electron chi connectivity index (χ3n) is 4.26. The van der Waals surface area contributed by atoms with Crippen LogP contribution in [0.3, 0.4) is 0 Å². The van der Waals surface area contributed by atoms with Crippen molar-refractivity contribution in [2.75, 3.05) is 19.6 Å². The lowest BCUT2D eigenvalue weighted by atomic mass is 9.99. The first-order chi connectivity index (χ1) is 11.0. The summed E-state index contributed by atoms with van der Waals surface area (Å²) < 4.78 is 0. The number of aryl methyl sites for hydroxylation is 2. The highest BCUT2D eigenvalue weighted by atomic mass is 35.5. The summed E-state index contributed by atoms with van der Waals surface area (Å²) in [5, 5.41) is 2.90. The Bertz CT molecular complexity index is 557. The van der Waals surface area contributed by atoms with Crippen molar-refractivity contribution in [2.45, 2.75) is 45.6 Å². The van der Waals surface area contributed by atoms with E-state index in [1.807, 2.05) is 30.9 Å². The molecule has 0 aromatic heterocycles. The monoisotopic (exact) mass is 353 g/mol. The van der Waals surface area contributed by atoms with Crippen LogP contribution in [-0.2, 0) is 4.79 Å². The summed E-state index contributed by atoms with van der Waals surface area (Å²) in [5.41, 5.74) is 8.32. The number of benzene rings is 1. The normalized spacial score (nSPS) is 17.1. The van der Waals surface area contributed by atoms with Crippen LogP contribution >= 0.6 is 12.4 Å². The molecule has 1 aliphatic heterocycles. The second kappa shape index (κ2) is 9.64. The summed E-state index contributed by atoms with van der Waals surface area (Å²) >= 11 is 0. The van der Waals surface area contributed by atoms with Gasteiger partial charge < -0.3 is 16.0 Å². The zero-order valence-corrected chi connectivity index (χ0v) is 15.3. The smallest absolute Gasteiger partial charge is 0.254 e. The molecule has 0 aliphatic carbocycles. The Hall–Kier alpha value is -1.59. The Morgan fingerprint density at radius 1 is 1.21 bits per heavy atom. The van der Waals surface area contributed by atoms with Gasteiger partial charge in [-0.1, -0.05) is 17.2 Å². The number of piperidine rings is 1. The van der Waals surface area contributed by atoms with Crippen LogP contribution in [0.5, 0.6) is 0 Å². The quantitative estimate of drug-likeness (QED) is 0.852. The van der Waals surface area contributed by atoms with E-state index in [0.29, 0.717) is 19.5 Å². The third kappa shape index (κ3) is 5.49. The Kier molecular flexibility index (Phi) is 8.22. The van der Waals surface area contributed by atoms with Crippen molar-refractivity contribution >= 4 is 24.2 Å². The van der Waals surface area contributed by atoms with Gasteiger partial charge in [-0.25, -0.2) is 0 Å². The van der Waals surface area contributed by atoms with Gasteiger partial charge in [0.25, 0.3) is 5.91 Å². The van der Waals surface area contributed by atoms with Crippen molar-refractivity contribution in [3.8, 4) is 0 Å². The topological polar surface area (TPSA) is 75.4 Å². The molecule has 1 aromatic carbocycles. The molecule has 3 N–H and O–H groups in total. The van der Waals surface area contributed by atoms with Crippen LogP contribution < -0.4 is 11.1 Å². The molecule has 0 saturated carbocycles. The standard InChI is InChI=1S/C18H27N3O2.ClH/c1-13-9-14(2)11-15(10-13)18(23)21-8-4-3-5-16(21)12-20-17(22)6-7-19;/h9-11,16H,3-8,12,19H2,1-2H3,(H,20,22);1H. The maximum absolute atomic E-state index is 12.9. The van der Waals surface area contributed by atoms with E-state index < -0.39 is 0 Å². The molecule has 1 heterocycles. The number of hydrogen-bond donors (Lipinski definition) is 2. The second-order valence-corrected chi connectivity index (χ2v) is 6.37. The summed E-state index contributed by atoms with van der Waals surface area (Å²) in [6.07, 6.45) is 3.37. The molecule has 0 radical (unpaired) electrons. The average Bonchev–Trinajstić information content (AvgIpc) is 2.52. The van der Waals surface area contributed by atoms with Crippen LogP contribution in [-0.4, -0.2) is 42.4 Å². The van der Waals surface area contributed by atoms with Crippen LogP contribution in [0.15, 0.2) is 18.2 Å². The highest BCUT2D eigenvalue weighted by Crippen LogP contribution is 2.20. The van der Waals surface area contributed by atoms with Crippen LogP contribution in [0.4, 0.5) is 0 Å². The van der Waals surface area contributed by atoms with Crippen molar-refractivity contribution in [2.24, 2.45) is 5.73 Å². The summed E-state index contributed by atoms with van der Waals surface area (Å²) in [5.74, 6) is 0.0199. The van der Waals surface area contributed by atoms with Gasteiger partial charge in [-0.15, -0.1) is 12.4 Å². The molecule has 1 fully saturated rings.